The Morgan fingerprint density at radius 1 is 1.22 bits per heavy atom. The molecule has 3 heterocycles. The number of carbonyl (C=O) groups is 2. The number of amides is 2. The van der Waals surface area contributed by atoms with Crippen LogP contribution in [-0.2, 0) is 19.6 Å². The van der Waals surface area contributed by atoms with Gasteiger partial charge in [0.2, 0.25) is 15.9 Å². The average Bonchev–Trinajstić information content (AvgIpc) is 3.24. The second kappa shape index (κ2) is 9.36. The summed E-state index contributed by atoms with van der Waals surface area (Å²) in [6.45, 7) is 7.07. The van der Waals surface area contributed by atoms with Gasteiger partial charge in [-0.05, 0) is 57.3 Å². The molecular formula is C22H32N4O5S. The predicted octanol–water partition coefficient (Wildman–Crippen LogP) is 1.33. The number of aryl methyl sites for hydroxylation is 1. The molecule has 2 amide bonds. The van der Waals surface area contributed by atoms with Gasteiger partial charge in [-0.15, -0.1) is 0 Å². The number of hydrogen-bond donors (Lipinski definition) is 2. The summed E-state index contributed by atoms with van der Waals surface area (Å²) in [5, 5.41) is 5.79. The third-order valence-electron chi connectivity index (χ3n) is 6.77. The highest BCUT2D eigenvalue weighted by molar-refractivity contribution is 7.89. The molecule has 0 unspecified atom stereocenters. The first kappa shape index (κ1) is 23.0. The predicted molar refractivity (Wildman–Crippen MR) is 120 cm³/mol. The summed E-state index contributed by atoms with van der Waals surface area (Å²) in [4.78, 5) is 26.7. The van der Waals surface area contributed by atoms with E-state index in [0.717, 1.165) is 19.5 Å². The maximum absolute atomic E-state index is 13.3. The maximum atomic E-state index is 13.3. The van der Waals surface area contributed by atoms with Crippen LogP contribution in [-0.4, -0.2) is 74.8 Å². The van der Waals surface area contributed by atoms with Crippen LogP contribution in [0.4, 0.5) is 5.69 Å². The van der Waals surface area contributed by atoms with E-state index in [1.807, 2.05) is 0 Å². The molecule has 0 spiro atoms. The Morgan fingerprint density at radius 3 is 2.69 bits per heavy atom. The molecule has 4 rings (SSSR count). The minimum atomic E-state index is -3.72. The standard InChI is InChI=1S/C22H32N4O5S/c1-3-25-8-4-5-17(25)13-23-22(28)16-6-9-26(10-7-16)32(29,30)20-12-19-18(11-15(20)2)24-21(27)14-31-19/h11-12,16-17H,3-10,13-14H2,1-2H3,(H,23,28)(H,24,27)/t17-/m1/s1. The highest BCUT2D eigenvalue weighted by Crippen LogP contribution is 2.35. The SMILES string of the molecule is CCN1CCC[C@@H]1CNC(=O)C1CCN(S(=O)(=O)c2cc3c(cc2C)NC(=O)CO3)CC1. The van der Waals surface area contributed by atoms with Crippen molar-refractivity contribution in [3.05, 3.63) is 17.7 Å². The van der Waals surface area contributed by atoms with E-state index in [-0.39, 0.29) is 29.2 Å². The summed E-state index contributed by atoms with van der Waals surface area (Å²) in [7, 11) is -3.72. The van der Waals surface area contributed by atoms with Crippen molar-refractivity contribution in [2.45, 2.75) is 50.5 Å². The van der Waals surface area contributed by atoms with Crippen LogP contribution < -0.4 is 15.4 Å². The molecule has 9 nitrogen and oxygen atoms in total. The number of likely N-dealkylation sites (N-methyl/N-ethyl adjacent to an activating group) is 1. The van der Waals surface area contributed by atoms with Crippen LogP contribution in [0, 0.1) is 12.8 Å². The third kappa shape index (κ3) is 4.62. The number of carbonyl (C=O) groups excluding carboxylic acids is 2. The van der Waals surface area contributed by atoms with Gasteiger partial charge in [-0.3, -0.25) is 14.5 Å². The van der Waals surface area contributed by atoms with Crippen LogP contribution >= 0.6 is 0 Å². The minimum absolute atomic E-state index is 0.0269. The zero-order valence-electron chi connectivity index (χ0n) is 18.7. The van der Waals surface area contributed by atoms with E-state index in [2.05, 4.69) is 22.5 Å². The zero-order chi connectivity index (χ0) is 22.9. The fraction of sp³-hybridized carbons (Fsp3) is 0.636. The van der Waals surface area contributed by atoms with Crippen molar-refractivity contribution < 1.29 is 22.7 Å². The van der Waals surface area contributed by atoms with Gasteiger partial charge in [-0.25, -0.2) is 8.42 Å². The largest absolute Gasteiger partial charge is 0.482 e. The Balaban J connectivity index is 1.36. The average molecular weight is 465 g/mol. The molecule has 32 heavy (non-hydrogen) atoms. The van der Waals surface area contributed by atoms with E-state index in [1.54, 1.807) is 13.0 Å². The molecule has 10 heteroatoms. The molecule has 0 radical (unpaired) electrons. The lowest BCUT2D eigenvalue weighted by Crippen LogP contribution is -2.46. The molecule has 3 aliphatic rings. The number of nitrogens with zero attached hydrogens (tertiary/aromatic N) is 2. The van der Waals surface area contributed by atoms with Gasteiger partial charge in [0.15, 0.2) is 6.61 Å². The van der Waals surface area contributed by atoms with Gasteiger partial charge in [0, 0.05) is 37.7 Å². The van der Waals surface area contributed by atoms with Crippen molar-refractivity contribution >= 4 is 27.5 Å². The summed E-state index contributed by atoms with van der Waals surface area (Å²) in [6.07, 6.45) is 3.29. The van der Waals surface area contributed by atoms with Gasteiger partial charge in [-0.1, -0.05) is 6.92 Å². The molecule has 1 aromatic rings. The van der Waals surface area contributed by atoms with Crippen LogP contribution in [0.2, 0.25) is 0 Å². The Kier molecular flexibility index (Phi) is 6.73. The van der Waals surface area contributed by atoms with Crippen LogP contribution in [0.3, 0.4) is 0 Å². The topological polar surface area (TPSA) is 108 Å². The van der Waals surface area contributed by atoms with Crippen LogP contribution in [0.5, 0.6) is 5.75 Å². The van der Waals surface area contributed by atoms with Crippen molar-refractivity contribution in [2.75, 3.05) is 44.6 Å². The number of likely N-dealkylation sites (tertiary alicyclic amines) is 1. The number of nitrogens with one attached hydrogen (secondary N) is 2. The fourth-order valence-corrected chi connectivity index (χ4v) is 6.59. The first-order chi connectivity index (χ1) is 15.3. The van der Waals surface area contributed by atoms with Gasteiger partial charge < -0.3 is 15.4 Å². The van der Waals surface area contributed by atoms with Crippen molar-refractivity contribution in [1.29, 1.82) is 0 Å². The lowest BCUT2D eigenvalue weighted by Gasteiger charge is -2.32. The zero-order valence-corrected chi connectivity index (χ0v) is 19.5. The van der Waals surface area contributed by atoms with Crippen LogP contribution in [0.1, 0.15) is 38.2 Å². The fourth-order valence-electron chi connectivity index (χ4n) is 4.90. The number of sulfonamides is 1. The molecule has 0 bridgehead atoms. The molecule has 0 saturated carbocycles. The van der Waals surface area contributed by atoms with E-state index in [1.165, 1.54) is 16.8 Å². The van der Waals surface area contributed by atoms with Gasteiger partial charge >= 0.3 is 0 Å². The number of benzene rings is 1. The molecule has 0 aromatic heterocycles. The Bertz CT molecular complexity index is 988. The van der Waals surface area contributed by atoms with E-state index in [9.17, 15) is 18.0 Å². The Labute approximate surface area is 189 Å². The number of hydrogen-bond acceptors (Lipinski definition) is 6. The molecular weight excluding hydrogens is 432 g/mol. The highest BCUT2D eigenvalue weighted by atomic mass is 32.2. The molecule has 2 N–H and O–H groups in total. The second-order valence-electron chi connectivity index (χ2n) is 8.80. The van der Waals surface area contributed by atoms with E-state index < -0.39 is 10.0 Å². The van der Waals surface area contributed by atoms with Crippen LogP contribution in [0.15, 0.2) is 17.0 Å². The first-order valence-electron chi connectivity index (χ1n) is 11.4. The molecule has 3 aliphatic heterocycles. The highest BCUT2D eigenvalue weighted by Gasteiger charge is 2.34. The monoisotopic (exact) mass is 464 g/mol. The van der Waals surface area contributed by atoms with Gasteiger partial charge in [0.05, 0.1) is 10.6 Å². The Hall–Kier alpha value is -2.17. The molecule has 1 atom stereocenters. The van der Waals surface area contributed by atoms with E-state index in [0.29, 0.717) is 55.5 Å². The van der Waals surface area contributed by atoms with Crippen molar-refractivity contribution in [1.82, 2.24) is 14.5 Å². The van der Waals surface area contributed by atoms with E-state index >= 15 is 0 Å². The van der Waals surface area contributed by atoms with Crippen molar-refractivity contribution in [2.24, 2.45) is 5.92 Å². The quantitative estimate of drug-likeness (QED) is 0.658. The molecule has 2 fully saturated rings. The molecule has 0 aliphatic carbocycles. The third-order valence-corrected chi connectivity index (χ3v) is 8.81. The second-order valence-corrected chi connectivity index (χ2v) is 10.7. The summed E-state index contributed by atoms with van der Waals surface area (Å²) in [6, 6.07) is 3.52. The Morgan fingerprint density at radius 2 is 1.97 bits per heavy atom. The minimum Gasteiger partial charge on any atom is -0.482 e. The van der Waals surface area contributed by atoms with Gasteiger partial charge in [0.25, 0.3) is 5.91 Å². The van der Waals surface area contributed by atoms with Gasteiger partial charge in [-0.2, -0.15) is 4.31 Å². The van der Waals surface area contributed by atoms with Crippen molar-refractivity contribution in [3.63, 3.8) is 0 Å². The molecule has 2 saturated heterocycles. The maximum Gasteiger partial charge on any atom is 0.262 e. The lowest BCUT2D eigenvalue weighted by molar-refractivity contribution is -0.126. The molecule has 1 aromatic carbocycles. The van der Waals surface area contributed by atoms with Crippen molar-refractivity contribution in [3.8, 4) is 5.75 Å². The summed E-state index contributed by atoms with van der Waals surface area (Å²) < 4.78 is 33.4. The number of fused-ring (bicyclic) bond motifs is 1. The number of rotatable bonds is 6. The summed E-state index contributed by atoms with van der Waals surface area (Å²) >= 11 is 0. The summed E-state index contributed by atoms with van der Waals surface area (Å²) in [5.74, 6) is -0.0422. The number of ether oxygens (including phenoxy) is 1. The lowest BCUT2D eigenvalue weighted by atomic mass is 9.97. The first-order valence-corrected chi connectivity index (χ1v) is 12.8. The molecule has 176 valence electrons. The number of anilines is 1. The van der Waals surface area contributed by atoms with E-state index in [4.69, 9.17) is 4.74 Å². The normalized spacial score (nSPS) is 22.8. The number of piperidine rings is 1. The summed E-state index contributed by atoms with van der Waals surface area (Å²) in [5.41, 5.74) is 1.03. The van der Waals surface area contributed by atoms with Gasteiger partial charge in [0.1, 0.15) is 5.75 Å². The van der Waals surface area contributed by atoms with Crippen LogP contribution in [0.25, 0.3) is 0 Å². The smallest absolute Gasteiger partial charge is 0.262 e.